The van der Waals surface area contributed by atoms with Crippen LogP contribution in [0, 0.1) is 0 Å². The van der Waals surface area contributed by atoms with Crippen molar-refractivity contribution in [1.29, 1.82) is 0 Å². The molecule has 0 spiro atoms. The monoisotopic (exact) mass is 476 g/mol. The number of amides is 1. The number of methoxy groups -OCH3 is 1. The van der Waals surface area contributed by atoms with Gasteiger partial charge in [-0.2, -0.15) is 0 Å². The Morgan fingerprint density at radius 3 is 2.68 bits per heavy atom. The third-order valence-electron chi connectivity index (χ3n) is 4.66. The summed E-state index contributed by atoms with van der Waals surface area (Å²) in [4.78, 5) is 25.0. The molecule has 0 bridgehead atoms. The molecule has 9 nitrogen and oxygen atoms in total. The average molecular weight is 477 g/mol. The molecule has 4 aromatic rings. The molecule has 0 aliphatic heterocycles. The Bertz CT molecular complexity index is 1500. The topological polar surface area (TPSA) is 126 Å². The highest BCUT2D eigenvalue weighted by atomic mass is 35.5. The number of hydrazone groups is 1. The number of carbonyl (C=O) groups is 1. The van der Waals surface area contributed by atoms with Crippen molar-refractivity contribution in [2.45, 2.75) is 0 Å². The van der Waals surface area contributed by atoms with E-state index in [1.165, 1.54) is 31.4 Å². The lowest BCUT2D eigenvalue weighted by atomic mass is 10.2. The Labute approximate surface area is 198 Å². The summed E-state index contributed by atoms with van der Waals surface area (Å²) < 4.78 is 10.3. The molecular formula is C24H17ClN4O5. The summed E-state index contributed by atoms with van der Waals surface area (Å²) in [5.41, 5.74) is 2.47. The molecule has 10 heteroatoms. The number of amidine groups is 1. The first-order valence-corrected chi connectivity index (χ1v) is 10.3. The van der Waals surface area contributed by atoms with Crippen molar-refractivity contribution in [1.82, 2.24) is 5.43 Å². The van der Waals surface area contributed by atoms with Crippen LogP contribution in [-0.4, -0.2) is 24.0 Å². The fraction of sp³-hybridized carbons (Fsp3) is 0.0417. The number of ether oxygens (including phenoxy) is 1. The van der Waals surface area contributed by atoms with Gasteiger partial charge >= 0.3 is 5.63 Å². The Morgan fingerprint density at radius 2 is 1.88 bits per heavy atom. The summed E-state index contributed by atoms with van der Waals surface area (Å²) in [6.07, 6.45) is 0. The van der Waals surface area contributed by atoms with Crippen molar-refractivity contribution in [2.24, 2.45) is 15.3 Å². The van der Waals surface area contributed by atoms with Crippen molar-refractivity contribution in [2.75, 3.05) is 7.11 Å². The van der Waals surface area contributed by atoms with Crippen molar-refractivity contribution in [3.63, 3.8) is 0 Å². The van der Waals surface area contributed by atoms with Crippen LogP contribution in [0.2, 0.25) is 5.02 Å². The molecule has 0 aliphatic carbocycles. The minimum Gasteiger partial charge on any atom is -0.504 e. The molecule has 1 aromatic heterocycles. The molecule has 0 aliphatic rings. The molecule has 170 valence electrons. The molecular weight excluding hydrogens is 460 g/mol. The number of phenolic OH excluding ortho intramolecular Hbond substituents is 1. The maximum Gasteiger partial charge on any atom is 0.349 e. The summed E-state index contributed by atoms with van der Waals surface area (Å²) in [5, 5.41) is 23.2. The Balaban J connectivity index is 1.69. The van der Waals surface area contributed by atoms with E-state index in [0.717, 1.165) is 0 Å². The number of para-hydroxylation sites is 1. The van der Waals surface area contributed by atoms with Crippen molar-refractivity contribution < 1.29 is 19.1 Å². The molecule has 34 heavy (non-hydrogen) atoms. The minimum absolute atomic E-state index is 0.0168. The molecule has 1 amide bonds. The van der Waals surface area contributed by atoms with E-state index in [1.54, 1.807) is 48.5 Å². The number of nitrogens with one attached hydrogen (secondary N) is 1. The van der Waals surface area contributed by atoms with Gasteiger partial charge in [0.1, 0.15) is 11.1 Å². The zero-order valence-corrected chi connectivity index (χ0v) is 18.5. The van der Waals surface area contributed by atoms with E-state index in [4.69, 9.17) is 20.8 Å². The van der Waals surface area contributed by atoms with Gasteiger partial charge in [-0.1, -0.05) is 35.9 Å². The Hall–Kier alpha value is -4.50. The highest BCUT2D eigenvalue weighted by molar-refractivity contribution is 6.30. The van der Waals surface area contributed by atoms with Crippen LogP contribution in [0.3, 0.4) is 0 Å². The largest absolute Gasteiger partial charge is 0.504 e. The van der Waals surface area contributed by atoms with Crippen LogP contribution in [0.1, 0.15) is 15.9 Å². The van der Waals surface area contributed by atoms with Crippen molar-refractivity contribution >= 4 is 40.0 Å². The Morgan fingerprint density at radius 1 is 1.06 bits per heavy atom. The van der Waals surface area contributed by atoms with Gasteiger partial charge in [0.2, 0.25) is 5.84 Å². The standard InChI is InChI=1S/C24H17ClN4O5/c1-33-21-12-15(9-10-19(21)30)22(27-26-17-7-4-6-16(25)13-17)28-29-23(31)18-11-14-5-2-3-8-20(14)34-24(18)32/h2-13,30H,1H3,(H,29,31)/b27-26?,28-22-. The smallest absolute Gasteiger partial charge is 0.349 e. The highest BCUT2D eigenvalue weighted by Gasteiger charge is 2.15. The van der Waals surface area contributed by atoms with Gasteiger partial charge in [-0.25, -0.2) is 10.2 Å². The molecule has 0 saturated heterocycles. The van der Waals surface area contributed by atoms with Crippen LogP contribution in [0.4, 0.5) is 5.69 Å². The normalized spacial score (nSPS) is 11.6. The van der Waals surface area contributed by atoms with Crippen LogP contribution < -0.4 is 15.8 Å². The maximum atomic E-state index is 12.7. The number of benzene rings is 3. The van der Waals surface area contributed by atoms with Gasteiger partial charge < -0.3 is 14.3 Å². The van der Waals surface area contributed by atoms with Crippen LogP contribution in [0.25, 0.3) is 11.0 Å². The number of aromatic hydroxyl groups is 1. The zero-order chi connectivity index (χ0) is 24.1. The van der Waals surface area contributed by atoms with Gasteiger partial charge in [0, 0.05) is 16.0 Å². The molecule has 0 saturated carbocycles. The third kappa shape index (κ3) is 5.11. The highest BCUT2D eigenvalue weighted by Crippen LogP contribution is 2.27. The number of rotatable bonds is 5. The van der Waals surface area contributed by atoms with Crippen LogP contribution in [0.15, 0.2) is 97.3 Å². The number of nitrogens with zero attached hydrogens (tertiary/aromatic N) is 3. The third-order valence-corrected chi connectivity index (χ3v) is 4.89. The summed E-state index contributed by atoms with van der Waals surface area (Å²) in [6, 6.07) is 19.3. The lowest BCUT2D eigenvalue weighted by molar-refractivity contribution is 0.0951. The van der Waals surface area contributed by atoms with Gasteiger partial charge in [-0.3, -0.25) is 4.79 Å². The molecule has 0 atom stereocenters. The first-order chi connectivity index (χ1) is 16.4. The lowest BCUT2D eigenvalue weighted by Gasteiger charge is -2.07. The van der Waals surface area contributed by atoms with Gasteiger partial charge in [0.15, 0.2) is 11.5 Å². The quantitative estimate of drug-likeness (QED) is 0.137. The fourth-order valence-electron chi connectivity index (χ4n) is 2.99. The van der Waals surface area contributed by atoms with E-state index in [2.05, 4.69) is 20.8 Å². The predicted octanol–water partition coefficient (Wildman–Crippen LogP) is 5.04. The molecule has 0 unspecified atom stereocenters. The lowest BCUT2D eigenvalue weighted by Crippen LogP contribution is -2.25. The van der Waals surface area contributed by atoms with Gasteiger partial charge in [0.05, 0.1) is 12.8 Å². The van der Waals surface area contributed by atoms with Crippen molar-refractivity contribution in [3.8, 4) is 11.5 Å². The zero-order valence-electron chi connectivity index (χ0n) is 17.7. The summed E-state index contributed by atoms with van der Waals surface area (Å²) in [7, 11) is 1.39. The second-order valence-corrected chi connectivity index (χ2v) is 7.36. The van der Waals surface area contributed by atoms with E-state index in [9.17, 15) is 14.7 Å². The molecule has 1 heterocycles. The number of hydrogen-bond donors (Lipinski definition) is 2. The molecule has 2 N–H and O–H groups in total. The molecule has 0 radical (unpaired) electrons. The Kier molecular flexibility index (Phi) is 6.65. The van der Waals surface area contributed by atoms with E-state index < -0.39 is 11.5 Å². The summed E-state index contributed by atoms with van der Waals surface area (Å²) >= 11 is 5.99. The second kappa shape index (κ2) is 9.97. The number of hydrogen-bond acceptors (Lipinski definition) is 7. The first-order valence-electron chi connectivity index (χ1n) is 9.90. The predicted molar refractivity (Wildman–Crippen MR) is 127 cm³/mol. The number of fused-ring (bicyclic) bond motifs is 1. The first kappa shape index (κ1) is 22.7. The van der Waals surface area contributed by atoms with Crippen LogP contribution in [0.5, 0.6) is 11.5 Å². The average Bonchev–Trinajstić information content (AvgIpc) is 2.84. The number of azo groups is 1. The van der Waals surface area contributed by atoms with E-state index in [0.29, 0.717) is 27.2 Å². The van der Waals surface area contributed by atoms with E-state index in [-0.39, 0.29) is 22.9 Å². The number of carbonyl (C=O) groups excluding carboxylic acids is 1. The van der Waals surface area contributed by atoms with E-state index in [1.807, 2.05) is 0 Å². The molecule has 4 rings (SSSR count). The van der Waals surface area contributed by atoms with Crippen LogP contribution in [-0.2, 0) is 0 Å². The second-order valence-electron chi connectivity index (χ2n) is 6.93. The van der Waals surface area contributed by atoms with Gasteiger partial charge in [0.25, 0.3) is 5.91 Å². The van der Waals surface area contributed by atoms with Crippen LogP contribution >= 0.6 is 11.6 Å². The molecule has 0 fully saturated rings. The summed E-state index contributed by atoms with van der Waals surface area (Å²) in [6.45, 7) is 0. The number of phenols is 1. The molecule has 3 aromatic carbocycles. The summed E-state index contributed by atoms with van der Waals surface area (Å²) in [5.74, 6) is -0.725. The van der Waals surface area contributed by atoms with Crippen molar-refractivity contribution in [3.05, 3.63) is 99.4 Å². The van der Waals surface area contributed by atoms with Gasteiger partial charge in [-0.05, 0) is 48.5 Å². The van der Waals surface area contributed by atoms with E-state index >= 15 is 0 Å². The van der Waals surface area contributed by atoms with Gasteiger partial charge in [-0.15, -0.1) is 15.3 Å². The minimum atomic E-state index is -0.806. The maximum absolute atomic E-state index is 12.7. The SMILES string of the molecule is COc1cc(/C(N=Nc2cccc(Cl)c2)=N/NC(=O)c2cc3ccccc3oc2=O)ccc1O. The fourth-order valence-corrected chi connectivity index (χ4v) is 3.17. The number of halogens is 1.